The van der Waals surface area contributed by atoms with Gasteiger partial charge in [-0.2, -0.15) is 18.3 Å². The van der Waals surface area contributed by atoms with Crippen LogP contribution < -0.4 is 5.73 Å². The fraction of sp³-hybridized carbons (Fsp3) is 0.733. The Hall–Kier alpha value is -1.53. The van der Waals surface area contributed by atoms with Crippen molar-refractivity contribution in [2.24, 2.45) is 17.6 Å². The number of hydrogen-bond acceptors (Lipinski definition) is 2. The summed E-state index contributed by atoms with van der Waals surface area (Å²) in [4.78, 5) is 11.3. The second-order valence-electron chi connectivity index (χ2n) is 6.00. The van der Waals surface area contributed by atoms with Gasteiger partial charge in [-0.25, -0.2) is 0 Å². The van der Waals surface area contributed by atoms with Crippen molar-refractivity contribution in [3.8, 4) is 0 Å². The molecule has 2 N–H and O–H groups in total. The second-order valence-corrected chi connectivity index (χ2v) is 6.00. The van der Waals surface area contributed by atoms with Crippen molar-refractivity contribution in [2.75, 3.05) is 0 Å². The van der Waals surface area contributed by atoms with Gasteiger partial charge in [0.1, 0.15) is 5.69 Å². The predicted octanol–water partition coefficient (Wildman–Crippen LogP) is 3.30. The van der Waals surface area contributed by atoms with E-state index in [-0.39, 0.29) is 12.8 Å². The van der Waals surface area contributed by atoms with Crippen LogP contribution in [0.5, 0.6) is 0 Å². The van der Waals surface area contributed by atoms with Crippen LogP contribution in [0.4, 0.5) is 13.2 Å². The fourth-order valence-corrected chi connectivity index (χ4v) is 3.16. The Morgan fingerprint density at radius 3 is 2.45 bits per heavy atom. The molecule has 0 saturated heterocycles. The Kier molecular flexibility index (Phi) is 5.13. The van der Waals surface area contributed by atoms with E-state index in [2.05, 4.69) is 5.10 Å². The van der Waals surface area contributed by atoms with E-state index in [0.717, 1.165) is 12.1 Å². The molecule has 1 aliphatic rings. The maximum atomic E-state index is 12.6. The first-order valence-corrected chi connectivity index (χ1v) is 7.74. The fourth-order valence-electron chi connectivity index (χ4n) is 3.16. The topological polar surface area (TPSA) is 60.9 Å². The van der Waals surface area contributed by atoms with Crippen LogP contribution in [0.15, 0.2) is 6.07 Å². The summed E-state index contributed by atoms with van der Waals surface area (Å²) in [6.45, 7) is 2.44. The quantitative estimate of drug-likeness (QED) is 0.905. The lowest BCUT2D eigenvalue weighted by atomic mass is 9.79. The van der Waals surface area contributed by atoms with Crippen LogP contribution in [-0.2, 0) is 13.0 Å². The number of halogens is 3. The van der Waals surface area contributed by atoms with E-state index in [1.165, 1.54) is 0 Å². The Labute approximate surface area is 127 Å². The highest BCUT2D eigenvalue weighted by atomic mass is 19.4. The molecule has 124 valence electrons. The van der Waals surface area contributed by atoms with Gasteiger partial charge in [0.25, 0.3) is 5.91 Å². The zero-order valence-corrected chi connectivity index (χ0v) is 12.7. The molecule has 1 amide bonds. The van der Waals surface area contributed by atoms with E-state index < -0.39 is 18.0 Å². The van der Waals surface area contributed by atoms with Crippen molar-refractivity contribution in [1.82, 2.24) is 9.78 Å². The molecule has 0 spiro atoms. The monoisotopic (exact) mass is 317 g/mol. The average molecular weight is 317 g/mol. The maximum absolute atomic E-state index is 12.6. The highest BCUT2D eigenvalue weighted by molar-refractivity contribution is 5.91. The number of carbonyl (C=O) groups is 1. The normalized spacial score (nSPS) is 22.7. The van der Waals surface area contributed by atoms with Gasteiger partial charge in [0, 0.05) is 6.54 Å². The molecule has 22 heavy (non-hydrogen) atoms. The summed E-state index contributed by atoms with van der Waals surface area (Å²) >= 11 is 0. The summed E-state index contributed by atoms with van der Waals surface area (Å²) in [6.07, 6.45) is -0.893. The molecule has 1 fully saturated rings. The largest absolute Gasteiger partial charge is 0.391 e. The van der Waals surface area contributed by atoms with Crippen molar-refractivity contribution in [2.45, 2.75) is 58.2 Å². The molecule has 1 aliphatic carbocycles. The standard InChI is InChI=1S/C15H22F3N3O/c1-2-21-13(14(19)22)9-12(20-21)8-5-10-3-6-11(7-4-10)15(16,17)18/h9-11H,2-8H2,1H3,(H2,19,22). The lowest BCUT2D eigenvalue weighted by molar-refractivity contribution is -0.184. The van der Waals surface area contributed by atoms with Gasteiger partial charge >= 0.3 is 6.18 Å². The second kappa shape index (κ2) is 6.71. The molecule has 0 aromatic carbocycles. The van der Waals surface area contributed by atoms with Gasteiger partial charge < -0.3 is 5.73 Å². The molecule has 0 unspecified atom stereocenters. The van der Waals surface area contributed by atoms with Crippen LogP contribution in [0.3, 0.4) is 0 Å². The number of alkyl halides is 3. The molecule has 0 bridgehead atoms. The molecule has 1 saturated carbocycles. The number of aryl methyl sites for hydroxylation is 2. The van der Waals surface area contributed by atoms with Crippen LogP contribution in [0.25, 0.3) is 0 Å². The number of rotatable bonds is 5. The first-order valence-electron chi connectivity index (χ1n) is 7.74. The summed E-state index contributed by atoms with van der Waals surface area (Å²) in [5.74, 6) is -1.33. The molecule has 1 heterocycles. The van der Waals surface area contributed by atoms with Gasteiger partial charge in [-0.15, -0.1) is 0 Å². The van der Waals surface area contributed by atoms with Crippen molar-refractivity contribution in [3.05, 3.63) is 17.5 Å². The lowest BCUT2D eigenvalue weighted by Gasteiger charge is -2.29. The SMILES string of the molecule is CCn1nc(CCC2CCC(C(F)(F)F)CC2)cc1C(N)=O. The Morgan fingerprint density at radius 2 is 2.00 bits per heavy atom. The molecule has 4 nitrogen and oxygen atoms in total. The minimum Gasteiger partial charge on any atom is -0.364 e. The molecule has 0 radical (unpaired) electrons. The summed E-state index contributed by atoms with van der Waals surface area (Å²) in [5.41, 5.74) is 6.47. The molecular weight excluding hydrogens is 295 g/mol. The van der Waals surface area contributed by atoms with Crippen molar-refractivity contribution < 1.29 is 18.0 Å². The molecule has 0 aliphatic heterocycles. The van der Waals surface area contributed by atoms with Crippen LogP contribution in [0, 0.1) is 11.8 Å². The predicted molar refractivity (Wildman–Crippen MR) is 76.2 cm³/mol. The van der Waals surface area contributed by atoms with E-state index >= 15 is 0 Å². The zero-order chi connectivity index (χ0) is 16.3. The number of hydrogen-bond donors (Lipinski definition) is 1. The third-order valence-electron chi connectivity index (χ3n) is 4.50. The minimum atomic E-state index is -4.05. The molecule has 0 atom stereocenters. The smallest absolute Gasteiger partial charge is 0.364 e. The van der Waals surface area contributed by atoms with Crippen molar-refractivity contribution in [3.63, 3.8) is 0 Å². The Bertz CT molecular complexity index is 517. The average Bonchev–Trinajstić information content (AvgIpc) is 2.88. The summed E-state index contributed by atoms with van der Waals surface area (Å²) in [7, 11) is 0. The number of nitrogens with two attached hydrogens (primary N) is 1. The Balaban J connectivity index is 1.86. The molecule has 1 aromatic heterocycles. The van der Waals surface area contributed by atoms with Gasteiger partial charge in [-0.05, 0) is 57.4 Å². The van der Waals surface area contributed by atoms with E-state index in [1.807, 2.05) is 6.92 Å². The van der Waals surface area contributed by atoms with E-state index in [1.54, 1.807) is 10.7 Å². The summed E-state index contributed by atoms with van der Waals surface area (Å²) < 4.78 is 39.4. The first kappa shape index (κ1) is 16.8. The highest BCUT2D eigenvalue weighted by Crippen LogP contribution is 2.40. The van der Waals surface area contributed by atoms with Crippen LogP contribution in [0.1, 0.15) is 55.2 Å². The molecule has 1 aromatic rings. The molecule has 7 heteroatoms. The number of carbonyl (C=O) groups excluding carboxylic acids is 1. The third kappa shape index (κ3) is 4.01. The molecular formula is C15H22F3N3O. The van der Waals surface area contributed by atoms with Gasteiger partial charge in [-0.3, -0.25) is 9.48 Å². The van der Waals surface area contributed by atoms with Crippen LogP contribution in [-0.4, -0.2) is 21.9 Å². The van der Waals surface area contributed by atoms with Crippen LogP contribution in [0.2, 0.25) is 0 Å². The van der Waals surface area contributed by atoms with E-state index in [0.29, 0.717) is 37.4 Å². The van der Waals surface area contributed by atoms with Gasteiger partial charge in [0.05, 0.1) is 11.6 Å². The lowest BCUT2D eigenvalue weighted by Crippen LogP contribution is -2.27. The highest BCUT2D eigenvalue weighted by Gasteiger charge is 2.41. The van der Waals surface area contributed by atoms with Crippen molar-refractivity contribution in [1.29, 1.82) is 0 Å². The Morgan fingerprint density at radius 1 is 1.36 bits per heavy atom. The van der Waals surface area contributed by atoms with Gasteiger partial charge in [0.15, 0.2) is 0 Å². The summed E-state index contributed by atoms with van der Waals surface area (Å²) in [6, 6.07) is 1.69. The maximum Gasteiger partial charge on any atom is 0.391 e. The molecule has 2 rings (SSSR count). The number of amides is 1. The number of nitrogens with zero attached hydrogens (tertiary/aromatic N) is 2. The summed E-state index contributed by atoms with van der Waals surface area (Å²) in [5, 5.41) is 4.32. The van der Waals surface area contributed by atoms with Crippen molar-refractivity contribution >= 4 is 5.91 Å². The third-order valence-corrected chi connectivity index (χ3v) is 4.50. The first-order chi connectivity index (χ1) is 10.3. The van der Waals surface area contributed by atoms with E-state index in [9.17, 15) is 18.0 Å². The van der Waals surface area contributed by atoms with Gasteiger partial charge in [0.2, 0.25) is 0 Å². The number of aromatic nitrogens is 2. The number of primary amides is 1. The van der Waals surface area contributed by atoms with Gasteiger partial charge in [-0.1, -0.05) is 0 Å². The van der Waals surface area contributed by atoms with E-state index in [4.69, 9.17) is 5.73 Å². The zero-order valence-electron chi connectivity index (χ0n) is 12.7. The minimum absolute atomic E-state index is 0.226. The van der Waals surface area contributed by atoms with Crippen LogP contribution >= 0.6 is 0 Å².